The lowest BCUT2D eigenvalue weighted by Crippen LogP contribution is -2.33. The number of amides is 2. The molecule has 0 atom stereocenters. The Morgan fingerprint density at radius 1 is 1.43 bits per heavy atom. The summed E-state index contributed by atoms with van der Waals surface area (Å²) in [6.07, 6.45) is 4.74. The standard InChI is InChI=1S/C13H16N4O2S2/c1-15-9(18)8-10(21-12(16-8)20-2)17-11(19)13(7-14)5-3-4-6-13/h3-6H2,1-2H3,(H,15,18)(H,17,19). The van der Waals surface area contributed by atoms with Gasteiger partial charge in [-0.05, 0) is 19.1 Å². The Morgan fingerprint density at radius 2 is 2.10 bits per heavy atom. The molecule has 1 heterocycles. The Labute approximate surface area is 131 Å². The third kappa shape index (κ3) is 3.04. The van der Waals surface area contributed by atoms with E-state index in [4.69, 9.17) is 0 Å². The molecular weight excluding hydrogens is 308 g/mol. The molecule has 0 bridgehead atoms. The number of nitrogens with one attached hydrogen (secondary N) is 2. The van der Waals surface area contributed by atoms with E-state index in [0.717, 1.165) is 12.8 Å². The molecular formula is C13H16N4O2S2. The van der Waals surface area contributed by atoms with E-state index in [-0.39, 0.29) is 17.5 Å². The van der Waals surface area contributed by atoms with E-state index in [9.17, 15) is 14.9 Å². The van der Waals surface area contributed by atoms with E-state index >= 15 is 0 Å². The third-order valence-electron chi connectivity index (χ3n) is 3.56. The number of carbonyl (C=O) groups excluding carboxylic acids is 2. The van der Waals surface area contributed by atoms with Crippen LogP contribution >= 0.6 is 23.1 Å². The van der Waals surface area contributed by atoms with Crippen LogP contribution in [-0.2, 0) is 4.79 Å². The summed E-state index contributed by atoms with van der Waals surface area (Å²) in [5.41, 5.74) is -0.769. The monoisotopic (exact) mass is 324 g/mol. The van der Waals surface area contributed by atoms with Gasteiger partial charge in [0.2, 0.25) is 5.91 Å². The summed E-state index contributed by atoms with van der Waals surface area (Å²) in [6, 6.07) is 2.15. The van der Waals surface area contributed by atoms with Crippen molar-refractivity contribution >= 4 is 39.9 Å². The van der Waals surface area contributed by atoms with Crippen LogP contribution in [0.2, 0.25) is 0 Å². The second kappa shape index (κ2) is 6.45. The highest BCUT2D eigenvalue weighted by molar-refractivity contribution is 8.00. The molecule has 1 aromatic heterocycles. The zero-order valence-corrected chi connectivity index (χ0v) is 13.5. The Balaban J connectivity index is 2.26. The fourth-order valence-corrected chi connectivity index (χ4v) is 3.79. The molecule has 0 unspecified atom stereocenters. The van der Waals surface area contributed by atoms with Crippen LogP contribution in [0.5, 0.6) is 0 Å². The smallest absolute Gasteiger partial charge is 0.272 e. The van der Waals surface area contributed by atoms with Gasteiger partial charge in [-0.2, -0.15) is 5.26 Å². The van der Waals surface area contributed by atoms with Crippen molar-refractivity contribution < 1.29 is 9.59 Å². The minimum atomic E-state index is -0.969. The van der Waals surface area contributed by atoms with Crippen molar-refractivity contribution in [2.45, 2.75) is 30.0 Å². The minimum Gasteiger partial charge on any atom is -0.354 e. The zero-order chi connectivity index (χ0) is 15.5. The van der Waals surface area contributed by atoms with Crippen molar-refractivity contribution in [1.29, 1.82) is 5.26 Å². The summed E-state index contributed by atoms with van der Waals surface area (Å²) in [4.78, 5) is 28.5. The number of thiazole rings is 1. The van der Waals surface area contributed by atoms with Gasteiger partial charge in [0.25, 0.3) is 5.91 Å². The van der Waals surface area contributed by atoms with E-state index in [2.05, 4.69) is 21.7 Å². The lowest BCUT2D eigenvalue weighted by atomic mass is 9.87. The van der Waals surface area contributed by atoms with Crippen LogP contribution < -0.4 is 10.6 Å². The van der Waals surface area contributed by atoms with Crippen LogP contribution in [0.25, 0.3) is 0 Å². The fourth-order valence-electron chi connectivity index (χ4n) is 2.34. The highest BCUT2D eigenvalue weighted by Crippen LogP contribution is 2.39. The van der Waals surface area contributed by atoms with Gasteiger partial charge in [-0.1, -0.05) is 35.9 Å². The quantitative estimate of drug-likeness (QED) is 0.828. The molecule has 0 aromatic carbocycles. The molecule has 0 spiro atoms. The molecule has 0 aliphatic heterocycles. The average Bonchev–Trinajstić information content (AvgIpc) is 3.13. The molecule has 2 rings (SSSR count). The number of nitrogens with zero attached hydrogens (tertiary/aromatic N) is 2. The number of thioether (sulfide) groups is 1. The highest BCUT2D eigenvalue weighted by atomic mass is 32.2. The SMILES string of the molecule is CNC(=O)c1nc(SC)sc1NC(=O)C1(C#N)CCCC1. The average molecular weight is 324 g/mol. The maximum absolute atomic E-state index is 12.4. The normalized spacial score (nSPS) is 16.2. The summed E-state index contributed by atoms with van der Waals surface area (Å²) in [5.74, 6) is -0.678. The summed E-state index contributed by atoms with van der Waals surface area (Å²) in [5, 5.41) is 15.0. The first-order chi connectivity index (χ1) is 10.1. The van der Waals surface area contributed by atoms with E-state index in [1.54, 1.807) is 0 Å². The summed E-state index contributed by atoms with van der Waals surface area (Å²) >= 11 is 2.66. The maximum atomic E-state index is 12.4. The van der Waals surface area contributed by atoms with Crippen molar-refractivity contribution in [2.75, 3.05) is 18.6 Å². The van der Waals surface area contributed by atoms with Gasteiger partial charge in [0.1, 0.15) is 10.4 Å². The van der Waals surface area contributed by atoms with Gasteiger partial charge in [-0.25, -0.2) is 4.98 Å². The van der Waals surface area contributed by atoms with Crippen molar-refractivity contribution in [1.82, 2.24) is 10.3 Å². The largest absolute Gasteiger partial charge is 0.354 e. The molecule has 1 aliphatic rings. The lowest BCUT2D eigenvalue weighted by molar-refractivity contribution is -0.122. The Hall–Kier alpha value is -1.59. The van der Waals surface area contributed by atoms with Gasteiger partial charge < -0.3 is 10.6 Å². The van der Waals surface area contributed by atoms with E-state index in [1.165, 1.54) is 30.1 Å². The number of carbonyl (C=O) groups is 2. The van der Waals surface area contributed by atoms with E-state index in [0.29, 0.717) is 22.2 Å². The molecule has 112 valence electrons. The van der Waals surface area contributed by atoms with Crippen molar-refractivity contribution in [3.8, 4) is 6.07 Å². The van der Waals surface area contributed by atoms with Crippen molar-refractivity contribution in [3.63, 3.8) is 0 Å². The van der Waals surface area contributed by atoms with Gasteiger partial charge in [-0.15, -0.1) is 0 Å². The first-order valence-corrected chi connectivity index (χ1v) is 8.60. The number of nitriles is 1. The van der Waals surface area contributed by atoms with Crippen LogP contribution in [0.4, 0.5) is 5.00 Å². The topological polar surface area (TPSA) is 94.9 Å². The molecule has 21 heavy (non-hydrogen) atoms. The summed E-state index contributed by atoms with van der Waals surface area (Å²) in [6.45, 7) is 0. The van der Waals surface area contributed by atoms with Gasteiger partial charge in [0, 0.05) is 7.05 Å². The second-order valence-electron chi connectivity index (χ2n) is 4.80. The summed E-state index contributed by atoms with van der Waals surface area (Å²) in [7, 11) is 1.51. The first kappa shape index (κ1) is 15.8. The Bertz CT molecular complexity index is 600. The number of rotatable bonds is 4. The van der Waals surface area contributed by atoms with Crippen LogP contribution in [-0.4, -0.2) is 30.1 Å². The maximum Gasteiger partial charge on any atom is 0.272 e. The summed E-state index contributed by atoms with van der Waals surface area (Å²) < 4.78 is 0.696. The van der Waals surface area contributed by atoms with Crippen LogP contribution in [0, 0.1) is 16.7 Å². The molecule has 1 aromatic rings. The highest BCUT2D eigenvalue weighted by Gasteiger charge is 2.42. The van der Waals surface area contributed by atoms with Crippen molar-refractivity contribution in [3.05, 3.63) is 5.69 Å². The van der Waals surface area contributed by atoms with Gasteiger partial charge in [0.15, 0.2) is 10.0 Å². The van der Waals surface area contributed by atoms with Crippen LogP contribution in [0.3, 0.4) is 0 Å². The molecule has 2 amide bonds. The number of anilines is 1. The number of hydrogen-bond acceptors (Lipinski definition) is 6. The van der Waals surface area contributed by atoms with Crippen molar-refractivity contribution in [2.24, 2.45) is 5.41 Å². The molecule has 2 N–H and O–H groups in total. The van der Waals surface area contributed by atoms with Gasteiger partial charge >= 0.3 is 0 Å². The fraction of sp³-hybridized carbons (Fsp3) is 0.538. The van der Waals surface area contributed by atoms with E-state index in [1.807, 2.05) is 6.26 Å². The Kier molecular flexibility index (Phi) is 4.85. The lowest BCUT2D eigenvalue weighted by Gasteiger charge is -2.18. The molecule has 0 radical (unpaired) electrons. The number of aromatic nitrogens is 1. The van der Waals surface area contributed by atoms with Crippen LogP contribution in [0.1, 0.15) is 36.2 Å². The Morgan fingerprint density at radius 3 is 2.62 bits per heavy atom. The number of hydrogen-bond donors (Lipinski definition) is 2. The molecule has 1 saturated carbocycles. The minimum absolute atomic E-state index is 0.200. The van der Waals surface area contributed by atoms with Crippen LogP contribution in [0.15, 0.2) is 4.34 Å². The van der Waals surface area contributed by atoms with Gasteiger partial charge in [-0.3, -0.25) is 9.59 Å². The predicted octanol–water partition coefficient (Wildman–Crippen LogP) is 2.25. The third-order valence-corrected chi connectivity index (χ3v) is 5.51. The van der Waals surface area contributed by atoms with E-state index < -0.39 is 5.41 Å². The predicted molar refractivity (Wildman–Crippen MR) is 82.4 cm³/mol. The molecule has 6 nitrogen and oxygen atoms in total. The zero-order valence-electron chi connectivity index (χ0n) is 11.9. The molecule has 8 heteroatoms. The first-order valence-electron chi connectivity index (χ1n) is 6.56. The molecule has 0 saturated heterocycles. The molecule has 1 fully saturated rings. The second-order valence-corrected chi connectivity index (χ2v) is 6.85. The van der Waals surface area contributed by atoms with Gasteiger partial charge in [0.05, 0.1) is 6.07 Å². The molecule has 1 aliphatic carbocycles.